The summed E-state index contributed by atoms with van der Waals surface area (Å²) in [5.74, 6) is 0.391. The topological polar surface area (TPSA) is 45.1 Å². The highest BCUT2D eigenvalue weighted by Crippen LogP contribution is 2.41. The van der Waals surface area contributed by atoms with Crippen molar-refractivity contribution < 1.29 is 5.11 Å². The molecular formula is C22H25BrN2O. The Morgan fingerprint density at radius 3 is 2.62 bits per heavy atom. The van der Waals surface area contributed by atoms with E-state index < -0.39 is 0 Å². The average Bonchev–Trinajstić information content (AvgIpc) is 2.79. The van der Waals surface area contributed by atoms with E-state index in [9.17, 15) is 5.11 Å². The van der Waals surface area contributed by atoms with Gasteiger partial charge in [0.15, 0.2) is 0 Å². The number of pyridine rings is 1. The van der Waals surface area contributed by atoms with Gasteiger partial charge in [-0.1, -0.05) is 18.9 Å². The maximum absolute atomic E-state index is 10.3. The van der Waals surface area contributed by atoms with Crippen LogP contribution in [0.4, 0.5) is 0 Å². The van der Waals surface area contributed by atoms with E-state index in [1.165, 1.54) is 33.4 Å². The number of fused-ring (bicyclic) bond motifs is 2. The Balaban J connectivity index is 2.01. The molecule has 1 saturated heterocycles. The molecule has 1 aliphatic carbocycles. The maximum atomic E-state index is 10.3. The molecule has 0 spiro atoms. The van der Waals surface area contributed by atoms with E-state index in [1.807, 2.05) is 18.3 Å². The summed E-state index contributed by atoms with van der Waals surface area (Å²) in [7, 11) is 0. The van der Waals surface area contributed by atoms with Crippen molar-refractivity contribution in [3.8, 4) is 5.75 Å². The quantitative estimate of drug-likeness (QED) is 0.745. The monoisotopic (exact) mass is 412 g/mol. The molecule has 4 heteroatoms. The van der Waals surface area contributed by atoms with Crippen molar-refractivity contribution in [1.82, 2.24) is 10.3 Å². The third-order valence-corrected chi connectivity index (χ3v) is 5.88. The van der Waals surface area contributed by atoms with Gasteiger partial charge in [-0.05, 0) is 102 Å². The molecule has 0 unspecified atom stereocenters. The summed E-state index contributed by atoms with van der Waals surface area (Å²) in [6.07, 6.45) is 8.01. The van der Waals surface area contributed by atoms with Gasteiger partial charge in [0.25, 0.3) is 0 Å². The number of aromatic nitrogens is 1. The second-order valence-electron chi connectivity index (χ2n) is 7.28. The van der Waals surface area contributed by atoms with E-state index in [1.54, 1.807) is 0 Å². The largest absolute Gasteiger partial charge is 0.508 e. The Bertz CT molecular complexity index is 865. The zero-order valence-corrected chi connectivity index (χ0v) is 16.8. The van der Waals surface area contributed by atoms with E-state index in [-0.39, 0.29) is 0 Å². The molecule has 2 heterocycles. The van der Waals surface area contributed by atoms with Gasteiger partial charge in [-0.15, -0.1) is 0 Å². The molecule has 1 fully saturated rings. The standard InChI is InChI=1S/C22H25BrN2O/c1-2-3-15-11-19(26)12-16-4-5-17-10-18(23)13-25-22(17)21(20(15)16)14-6-8-24-9-7-14/h10-13,24,26H,2-9H2,1H3. The molecular weight excluding hydrogens is 388 g/mol. The molecule has 2 N–H and O–H groups in total. The second kappa shape index (κ2) is 7.53. The minimum atomic E-state index is 0.391. The van der Waals surface area contributed by atoms with Gasteiger partial charge < -0.3 is 10.4 Å². The predicted molar refractivity (Wildman–Crippen MR) is 110 cm³/mol. The minimum absolute atomic E-state index is 0.391. The van der Waals surface area contributed by atoms with Gasteiger partial charge in [0.1, 0.15) is 5.75 Å². The van der Waals surface area contributed by atoms with Crippen LogP contribution < -0.4 is 5.32 Å². The first-order valence-electron chi connectivity index (χ1n) is 9.60. The van der Waals surface area contributed by atoms with Crippen LogP contribution in [0.1, 0.15) is 54.1 Å². The lowest BCUT2D eigenvalue weighted by Gasteiger charge is -2.24. The summed E-state index contributed by atoms with van der Waals surface area (Å²) in [5, 5.41) is 13.8. The van der Waals surface area contributed by atoms with Crippen LogP contribution in [0.3, 0.4) is 0 Å². The second-order valence-corrected chi connectivity index (χ2v) is 8.19. The van der Waals surface area contributed by atoms with Gasteiger partial charge >= 0.3 is 0 Å². The molecule has 0 bridgehead atoms. The van der Waals surface area contributed by atoms with Crippen LogP contribution in [0, 0.1) is 0 Å². The maximum Gasteiger partial charge on any atom is 0.116 e. The molecule has 2 aliphatic rings. The average molecular weight is 413 g/mol. The number of phenols is 1. The highest BCUT2D eigenvalue weighted by Gasteiger charge is 2.26. The normalized spacial score (nSPS) is 16.8. The first kappa shape index (κ1) is 17.7. The lowest BCUT2D eigenvalue weighted by Crippen LogP contribution is -2.24. The van der Waals surface area contributed by atoms with Crippen LogP contribution in [-0.4, -0.2) is 23.2 Å². The van der Waals surface area contributed by atoms with Crippen molar-refractivity contribution in [2.75, 3.05) is 13.1 Å². The molecule has 2 aromatic rings. The number of aryl methyl sites for hydroxylation is 3. The zero-order valence-electron chi connectivity index (χ0n) is 15.2. The molecule has 1 aliphatic heterocycles. The summed E-state index contributed by atoms with van der Waals surface area (Å²) in [4.78, 5) is 4.87. The number of hydrogen-bond donors (Lipinski definition) is 2. The number of benzene rings is 1. The van der Waals surface area contributed by atoms with Gasteiger partial charge in [0.05, 0.1) is 5.69 Å². The third-order valence-electron chi connectivity index (χ3n) is 5.45. The number of hydrogen-bond acceptors (Lipinski definition) is 3. The fourth-order valence-corrected chi connectivity index (χ4v) is 4.72. The number of phenolic OH excluding ortho intramolecular Hbond substituents is 1. The van der Waals surface area contributed by atoms with E-state index in [0.29, 0.717) is 5.75 Å². The van der Waals surface area contributed by atoms with E-state index >= 15 is 0 Å². The summed E-state index contributed by atoms with van der Waals surface area (Å²) >= 11 is 3.59. The molecule has 3 nitrogen and oxygen atoms in total. The van der Waals surface area contributed by atoms with Crippen molar-refractivity contribution in [2.24, 2.45) is 0 Å². The van der Waals surface area contributed by atoms with Crippen LogP contribution in [0.15, 0.2) is 34.4 Å². The van der Waals surface area contributed by atoms with Crippen molar-refractivity contribution in [1.29, 1.82) is 0 Å². The van der Waals surface area contributed by atoms with Crippen molar-refractivity contribution in [3.63, 3.8) is 0 Å². The van der Waals surface area contributed by atoms with Gasteiger partial charge in [-0.25, -0.2) is 0 Å². The Hall–Kier alpha value is -1.65. The van der Waals surface area contributed by atoms with Crippen molar-refractivity contribution in [2.45, 2.75) is 45.4 Å². The van der Waals surface area contributed by atoms with Gasteiger partial charge in [0, 0.05) is 16.2 Å². The van der Waals surface area contributed by atoms with Crippen molar-refractivity contribution in [3.05, 3.63) is 62.4 Å². The lowest BCUT2D eigenvalue weighted by molar-refractivity contribution is 0.473. The molecule has 0 amide bonds. The Morgan fingerprint density at radius 2 is 1.85 bits per heavy atom. The number of nitrogens with one attached hydrogen (secondary N) is 1. The Kier molecular flexibility index (Phi) is 5.14. The summed E-state index contributed by atoms with van der Waals surface area (Å²) in [6, 6.07) is 6.15. The first-order chi connectivity index (χ1) is 12.7. The molecule has 4 rings (SSSR count). The number of piperidine rings is 1. The highest BCUT2D eigenvalue weighted by molar-refractivity contribution is 9.10. The Labute approximate surface area is 163 Å². The first-order valence-corrected chi connectivity index (χ1v) is 10.4. The number of rotatable bonds is 2. The van der Waals surface area contributed by atoms with Crippen LogP contribution in [0.5, 0.6) is 5.75 Å². The molecule has 1 aromatic carbocycles. The molecule has 1 aromatic heterocycles. The van der Waals surface area contributed by atoms with E-state index in [2.05, 4.69) is 34.2 Å². The summed E-state index contributed by atoms with van der Waals surface area (Å²) in [6.45, 7) is 4.26. The van der Waals surface area contributed by atoms with Crippen LogP contribution in [0.25, 0.3) is 5.57 Å². The molecule has 0 radical (unpaired) electrons. The lowest BCUT2D eigenvalue weighted by atomic mass is 9.85. The van der Waals surface area contributed by atoms with Gasteiger partial charge in [-0.3, -0.25) is 4.98 Å². The summed E-state index contributed by atoms with van der Waals surface area (Å²) in [5.41, 5.74) is 9.17. The minimum Gasteiger partial charge on any atom is -0.508 e. The van der Waals surface area contributed by atoms with Crippen molar-refractivity contribution >= 4 is 21.5 Å². The number of aromatic hydroxyl groups is 1. The third kappa shape index (κ3) is 3.33. The molecule has 136 valence electrons. The van der Waals surface area contributed by atoms with Crippen LogP contribution in [-0.2, 0) is 19.3 Å². The Morgan fingerprint density at radius 1 is 1.08 bits per heavy atom. The zero-order chi connectivity index (χ0) is 18.1. The SMILES string of the molecule is CCCc1cc(O)cc2c1C(=C1CCNCC1)c1ncc(Br)cc1CC2. The van der Waals surface area contributed by atoms with Gasteiger partial charge in [-0.2, -0.15) is 0 Å². The molecule has 26 heavy (non-hydrogen) atoms. The van der Waals surface area contributed by atoms with Gasteiger partial charge in [0.2, 0.25) is 0 Å². The van der Waals surface area contributed by atoms with E-state index in [0.717, 1.165) is 61.8 Å². The fourth-order valence-electron chi connectivity index (χ4n) is 4.34. The highest BCUT2D eigenvalue weighted by atomic mass is 79.9. The smallest absolute Gasteiger partial charge is 0.116 e. The fraction of sp³-hybridized carbons (Fsp3) is 0.409. The summed E-state index contributed by atoms with van der Waals surface area (Å²) < 4.78 is 1.04. The van der Waals surface area contributed by atoms with Crippen LogP contribution in [0.2, 0.25) is 0 Å². The van der Waals surface area contributed by atoms with Crippen LogP contribution >= 0.6 is 15.9 Å². The predicted octanol–water partition coefficient (Wildman–Crippen LogP) is 4.79. The number of halogens is 1. The molecule has 0 saturated carbocycles. The molecule has 0 atom stereocenters. The number of nitrogens with zero attached hydrogens (tertiary/aromatic N) is 1. The van der Waals surface area contributed by atoms with E-state index in [4.69, 9.17) is 4.98 Å².